The number of amides is 2. The molecule has 0 aliphatic carbocycles. The molecule has 3 aromatic carbocycles. The average Bonchev–Trinajstić information content (AvgIpc) is 3.68. The van der Waals surface area contributed by atoms with Crippen LogP contribution in [0.15, 0.2) is 66.9 Å². The van der Waals surface area contributed by atoms with Crippen LogP contribution in [0.3, 0.4) is 0 Å². The molecule has 5 heterocycles. The van der Waals surface area contributed by atoms with Crippen molar-refractivity contribution in [3.05, 3.63) is 83.0 Å². The monoisotopic (exact) mass is 856 g/mol. The van der Waals surface area contributed by atoms with Gasteiger partial charge in [-0.2, -0.15) is 4.98 Å². The summed E-state index contributed by atoms with van der Waals surface area (Å²) in [6.07, 6.45) is 7.57. The van der Waals surface area contributed by atoms with Crippen LogP contribution in [0.25, 0.3) is 0 Å². The standard InChI is InChI=1S/C43H53ClN10O5S/c1-59-38-24-33(10-12-36(38)49-43-47-25-35(44)41(51-43)48-37-5-3-4-30-15-23-54(40(30)37)60(2,57)58)52-21-16-31(17-22-52)46-20-19-45-18-14-28-26-53(27-28)32-8-6-29(7-9-32)34-11-13-39(55)50-42(34)56/h3-10,12,24-25,28,31,34,45-46H,11,13-23,26-27H2,1-2H3,(H,50,55,56)(H2,47,48,49,51). The first kappa shape index (κ1) is 41.6. The van der Waals surface area contributed by atoms with Crippen molar-refractivity contribution in [2.75, 3.05) is 90.5 Å². The number of methoxy groups -OCH3 is 1. The highest BCUT2D eigenvalue weighted by atomic mass is 35.5. The molecule has 0 saturated carbocycles. The Balaban J connectivity index is 0.746. The van der Waals surface area contributed by atoms with E-state index in [2.05, 4.69) is 64.6 Å². The van der Waals surface area contributed by atoms with Crippen molar-refractivity contribution in [1.82, 2.24) is 25.9 Å². The van der Waals surface area contributed by atoms with Crippen molar-refractivity contribution in [3.8, 4) is 5.75 Å². The number of benzene rings is 3. The second-order valence-corrected chi connectivity index (χ2v) is 18.4. The second kappa shape index (κ2) is 18.2. The maximum Gasteiger partial charge on any atom is 0.234 e. The zero-order valence-corrected chi connectivity index (χ0v) is 35.6. The summed E-state index contributed by atoms with van der Waals surface area (Å²) in [6.45, 7) is 7.24. The number of anilines is 7. The number of piperidine rings is 2. The molecule has 8 rings (SSSR count). The van der Waals surface area contributed by atoms with E-state index in [0.29, 0.717) is 77.4 Å². The number of fused-ring (bicyclic) bond motifs is 1. The number of aromatic nitrogens is 2. The first-order chi connectivity index (χ1) is 29.0. The van der Waals surface area contributed by atoms with Gasteiger partial charge in [0.2, 0.25) is 27.8 Å². The van der Waals surface area contributed by atoms with Crippen LogP contribution >= 0.6 is 11.6 Å². The number of para-hydroxylation sites is 1. The van der Waals surface area contributed by atoms with E-state index in [1.54, 1.807) is 7.11 Å². The van der Waals surface area contributed by atoms with Gasteiger partial charge in [0, 0.05) is 75.7 Å². The molecule has 4 aliphatic heterocycles. The van der Waals surface area contributed by atoms with Gasteiger partial charge in [0.1, 0.15) is 10.8 Å². The highest BCUT2D eigenvalue weighted by Gasteiger charge is 2.31. The van der Waals surface area contributed by atoms with Crippen molar-refractivity contribution < 1.29 is 22.7 Å². The van der Waals surface area contributed by atoms with Crippen molar-refractivity contribution in [1.29, 1.82) is 0 Å². The summed E-state index contributed by atoms with van der Waals surface area (Å²) in [5, 5.41) is 16.6. The molecule has 4 aromatic rings. The molecule has 1 unspecified atom stereocenters. The van der Waals surface area contributed by atoms with Crippen LogP contribution in [0.1, 0.15) is 49.1 Å². The SMILES string of the molecule is COc1cc(N2CCC(NCCNCCC3CN(c4ccc(C5CCC(=O)NC5=O)cc4)C3)CC2)ccc1Nc1ncc(Cl)c(Nc2cccc3c2N(S(C)(=O)=O)CC3)n1. The van der Waals surface area contributed by atoms with E-state index in [0.717, 1.165) is 81.9 Å². The number of rotatable bonds is 16. The van der Waals surface area contributed by atoms with Gasteiger partial charge in [-0.15, -0.1) is 0 Å². The van der Waals surface area contributed by atoms with E-state index in [1.807, 2.05) is 42.5 Å². The Labute approximate surface area is 356 Å². The minimum atomic E-state index is -3.45. The number of sulfonamides is 1. The minimum absolute atomic E-state index is 0.182. The fourth-order valence-corrected chi connectivity index (χ4v) is 9.74. The predicted octanol–water partition coefficient (Wildman–Crippen LogP) is 5.14. The summed E-state index contributed by atoms with van der Waals surface area (Å²) in [7, 11) is -1.81. The largest absolute Gasteiger partial charge is 0.494 e. The summed E-state index contributed by atoms with van der Waals surface area (Å²) >= 11 is 6.51. The van der Waals surface area contributed by atoms with E-state index in [9.17, 15) is 18.0 Å². The number of nitrogens with one attached hydrogen (secondary N) is 5. The van der Waals surface area contributed by atoms with Crippen molar-refractivity contribution in [2.45, 2.75) is 50.5 Å². The van der Waals surface area contributed by atoms with Gasteiger partial charge in [-0.25, -0.2) is 13.4 Å². The summed E-state index contributed by atoms with van der Waals surface area (Å²) in [6, 6.07) is 20.4. The van der Waals surface area contributed by atoms with Crippen LogP contribution in [-0.2, 0) is 26.0 Å². The molecule has 4 aliphatic rings. The van der Waals surface area contributed by atoms with Gasteiger partial charge in [0.15, 0.2) is 5.82 Å². The number of ether oxygens (including phenoxy) is 1. The van der Waals surface area contributed by atoms with Gasteiger partial charge in [-0.1, -0.05) is 35.9 Å². The predicted molar refractivity (Wildman–Crippen MR) is 237 cm³/mol. The van der Waals surface area contributed by atoms with E-state index < -0.39 is 10.0 Å². The van der Waals surface area contributed by atoms with Crippen molar-refractivity contribution in [2.24, 2.45) is 5.92 Å². The first-order valence-electron chi connectivity index (χ1n) is 20.7. The van der Waals surface area contributed by atoms with Crippen molar-refractivity contribution in [3.63, 3.8) is 0 Å². The van der Waals surface area contributed by atoms with E-state index in [4.69, 9.17) is 16.3 Å². The topological polar surface area (TPSA) is 173 Å². The highest BCUT2D eigenvalue weighted by Crippen LogP contribution is 2.40. The molecule has 15 nitrogen and oxygen atoms in total. The molecule has 3 fully saturated rings. The van der Waals surface area contributed by atoms with Gasteiger partial charge < -0.3 is 35.8 Å². The third-order valence-electron chi connectivity index (χ3n) is 12.0. The number of carbonyl (C=O) groups excluding carboxylic acids is 2. The number of hydrogen-bond acceptors (Lipinski definition) is 13. The fourth-order valence-electron chi connectivity index (χ4n) is 8.63. The molecule has 60 heavy (non-hydrogen) atoms. The molecular formula is C43H53ClN10O5S. The lowest BCUT2D eigenvalue weighted by Crippen LogP contribution is -2.48. The van der Waals surface area contributed by atoms with Gasteiger partial charge in [0.05, 0.1) is 42.5 Å². The maximum atomic E-state index is 12.5. The normalized spacial score (nSPS) is 18.6. The summed E-state index contributed by atoms with van der Waals surface area (Å²) < 4.78 is 32.2. The molecule has 1 aromatic heterocycles. The van der Waals surface area contributed by atoms with E-state index in [-0.39, 0.29) is 17.7 Å². The van der Waals surface area contributed by atoms with Crippen LogP contribution < -0.4 is 45.4 Å². The molecule has 1 atom stereocenters. The highest BCUT2D eigenvalue weighted by molar-refractivity contribution is 7.92. The van der Waals surface area contributed by atoms with Gasteiger partial charge in [-0.05, 0) is 86.0 Å². The lowest BCUT2D eigenvalue weighted by molar-refractivity contribution is -0.134. The van der Waals surface area contributed by atoms with Crippen LogP contribution in [0.4, 0.5) is 40.2 Å². The molecule has 0 bridgehead atoms. The van der Waals surface area contributed by atoms with Crippen molar-refractivity contribution >= 4 is 73.6 Å². The average molecular weight is 857 g/mol. The van der Waals surface area contributed by atoms with Gasteiger partial charge in [0.25, 0.3) is 0 Å². The third kappa shape index (κ3) is 9.57. The molecular weight excluding hydrogens is 804 g/mol. The maximum absolute atomic E-state index is 12.5. The Bertz CT molecular complexity index is 2300. The summed E-state index contributed by atoms with van der Waals surface area (Å²) in [5.41, 5.74) is 6.10. The smallest absolute Gasteiger partial charge is 0.234 e. The third-order valence-corrected chi connectivity index (χ3v) is 13.4. The van der Waals surface area contributed by atoms with E-state index >= 15 is 0 Å². The Morgan fingerprint density at radius 2 is 1.67 bits per heavy atom. The lowest BCUT2D eigenvalue weighted by Gasteiger charge is -2.41. The molecule has 318 valence electrons. The number of halogens is 1. The quantitative estimate of drug-likeness (QED) is 0.0742. The lowest BCUT2D eigenvalue weighted by atomic mass is 9.90. The minimum Gasteiger partial charge on any atom is -0.494 e. The van der Waals surface area contributed by atoms with Crippen LogP contribution in [0, 0.1) is 5.92 Å². The Morgan fingerprint density at radius 1 is 0.883 bits per heavy atom. The number of nitrogens with zero attached hydrogens (tertiary/aromatic N) is 5. The second-order valence-electron chi connectivity index (χ2n) is 16.0. The Hall–Kier alpha value is -5.16. The molecule has 5 N–H and O–H groups in total. The molecule has 0 radical (unpaired) electrons. The van der Waals surface area contributed by atoms with Crippen LogP contribution in [0.2, 0.25) is 5.02 Å². The molecule has 0 spiro atoms. The molecule has 17 heteroatoms. The Morgan fingerprint density at radius 3 is 2.42 bits per heavy atom. The van der Waals surface area contributed by atoms with E-state index in [1.165, 1.54) is 22.4 Å². The van der Waals surface area contributed by atoms with Gasteiger partial charge >= 0.3 is 0 Å². The Kier molecular flexibility index (Phi) is 12.6. The van der Waals surface area contributed by atoms with Crippen LogP contribution in [-0.4, -0.2) is 102 Å². The number of hydrogen-bond donors (Lipinski definition) is 5. The molecule has 3 saturated heterocycles. The van der Waals surface area contributed by atoms with Gasteiger partial charge in [-0.3, -0.25) is 19.2 Å². The first-order valence-corrected chi connectivity index (χ1v) is 23.0. The number of imide groups is 1. The van der Waals surface area contributed by atoms with Crippen LogP contribution in [0.5, 0.6) is 5.75 Å². The molecule has 2 amide bonds. The summed E-state index contributed by atoms with van der Waals surface area (Å²) in [4.78, 5) is 37.5. The zero-order valence-electron chi connectivity index (χ0n) is 34.0. The zero-order chi connectivity index (χ0) is 41.8. The summed E-state index contributed by atoms with van der Waals surface area (Å²) in [5.74, 6) is 1.38. The fraction of sp³-hybridized carbons (Fsp3) is 0.442. The number of carbonyl (C=O) groups is 2.